The summed E-state index contributed by atoms with van der Waals surface area (Å²) in [5, 5.41) is 8.58. The zero-order valence-electron chi connectivity index (χ0n) is 10.3. The van der Waals surface area contributed by atoms with Gasteiger partial charge in [0.15, 0.2) is 0 Å². The molecule has 1 aliphatic rings. The van der Waals surface area contributed by atoms with Crippen molar-refractivity contribution >= 4 is 6.29 Å². The van der Waals surface area contributed by atoms with Gasteiger partial charge < -0.3 is 9.53 Å². The number of hydrogen-bond acceptors (Lipinski definition) is 4. The highest BCUT2D eigenvalue weighted by molar-refractivity contribution is 5.64. The van der Waals surface area contributed by atoms with Gasteiger partial charge in [-0.3, -0.25) is 4.90 Å². The fourth-order valence-electron chi connectivity index (χ4n) is 2.34. The number of nitrogens with zero attached hydrogens (tertiary/aromatic N) is 2. The second kappa shape index (κ2) is 4.94. The summed E-state index contributed by atoms with van der Waals surface area (Å²) in [5.74, 6) is 0. The molecule has 1 unspecified atom stereocenters. The van der Waals surface area contributed by atoms with E-state index < -0.39 is 5.54 Å². The molecule has 0 radical (unpaired) electrons. The van der Waals surface area contributed by atoms with E-state index in [2.05, 4.69) is 6.07 Å². The SMILES string of the molecule is CN(CCC#N)C1(C=O)CCOC(C)(C)C1. The first kappa shape index (κ1) is 13.1. The number of carbonyl (C=O) groups excluding carboxylic acids is 1. The Labute approximate surface area is 97.2 Å². The molecule has 0 aromatic carbocycles. The number of aldehydes is 1. The first-order valence-electron chi connectivity index (χ1n) is 5.64. The summed E-state index contributed by atoms with van der Waals surface area (Å²) in [6, 6.07) is 2.11. The Morgan fingerprint density at radius 3 is 2.75 bits per heavy atom. The smallest absolute Gasteiger partial charge is 0.140 e. The molecule has 1 saturated heterocycles. The number of hydrogen-bond donors (Lipinski definition) is 0. The largest absolute Gasteiger partial charge is 0.375 e. The van der Waals surface area contributed by atoms with Gasteiger partial charge in [-0.25, -0.2) is 0 Å². The molecule has 1 rings (SSSR count). The minimum Gasteiger partial charge on any atom is -0.375 e. The fourth-order valence-corrected chi connectivity index (χ4v) is 2.34. The highest BCUT2D eigenvalue weighted by atomic mass is 16.5. The molecular weight excluding hydrogens is 204 g/mol. The van der Waals surface area contributed by atoms with Crippen molar-refractivity contribution in [3.05, 3.63) is 0 Å². The summed E-state index contributed by atoms with van der Waals surface area (Å²) in [4.78, 5) is 13.4. The molecule has 0 amide bonds. The molecule has 0 aliphatic carbocycles. The van der Waals surface area contributed by atoms with Crippen LogP contribution in [0.15, 0.2) is 0 Å². The Bertz CT molecular complexity index is 296. The molecule has 0 spiro atoms. The van der Waals surface area contributed by atoms with Crippen molar-refractivity contribution in [2.24, 2.45) is 0 Å². The molecule has 4 nitrogen and oxygen atoms in total. The number of ether oxygens (including phenoxy) is 1. The predicted molar refractivity (Wildman–Crippen MR) is 60.9 cm³/mol. The maximum Gasteiger partial charge on any atom is 0.140 e. The van der Waals surface area contributed by atoms with Crippen LogP contribution in [0.2, 0.25) is 0 Å². The van der Waals surface area contributed by atoms with Crippen molar-refractivity contribution in [1.82, 2.24) is 4.90 Å². The number of nitriles is 1. The van der Waals surface area contributed by atoms with Crippen LogP contribution in [0.5, 0.6) is 0 Å². The minimum absolute atomic E-state index is 0.264. The molecule has 0 saturated carbocycles. The molecular formula is C12H20N2O2. The van der Waals surface area contributed by atoms with Crippen LogP contribution in [-0.4, -0.2) is 42.5 Å². The van der Waals surface area contributed by atoms with Crippen molar-refractivity contribution in [3.8, 4) is 6.07 Å². The number of likely N-dealkylation sites (N-methyl/N-ethyl adjacent to an activating group) is 1. The van der Waals surface area contributed by atoms with Gasteiger partial charge in [-0.2, -0.15) is 5.26 Å². The van der Waals surface area contributed by atoms with E-state index in [4.69, 9.17) is 10.00 Å². The second-order valence-electron chi connectivity index (χ2n) is 5.09. The lowest BCUT2D eigenvalue weighted by Crippen LogP contribution is -2.56. The number of carbonyl (C=O) groups is 1. The topological polar surface area (TPSA) is 53.3 Å². The monoisotopic (exact) mass is 224 g/mol. The standard InChI is InChI=1S/C12H20N2O2/c1-11(2)9-12(10-15,5-8-16-11)14(3)7-4-6-13/h10H,4-5,7-9H2,1-3H3. The molecule has 0 aromatic rings. The Morgan fingerprint density at radius 1 is 1.56 bits per heavy atom. The van der Waals surface area contributed by atoms with Crippen molar-refractivity contribution in [1.29, 1.82) is 5.26 Å². The highest BCUT2D eigenvalue weighted by Crippen LogP contribution is 2.34. The molecule has 90 valence electrons. The third-order valence-corrected chi connectivity index (χ3v) is 3.30. The molecule has 0 aromatic heterocycles. The van der Waals surface area contributed by atoms with Crippen LogP contribution in [0.4, 0.5) is 0 Å². The second-order valence-corrected chi connectivity index (χ2v) is 5.09. The molecule has 4 heteroatoms. The van der Waals surface area contributed by atoms with Crippen molar-refractivity contribution in [2.45, 2.75) is 44.2 Å². The molecule has 1 heterocycles. The van der Waals surface area contributed by atoms with Gasteiger partial charge in [-0.1, -0.05) is 0 Å². The first-order chi connectivity index (χ1) is 7.46. The van der Waals surface area contributed by atoms with Crippen LogP contribution in [-0.2, 0) is 9.53 Å². The van der Waals surface area contributed by atoms with Gasteiger partial charge in [0.1, 0.15) is 6.29 Å². The van der Waals surface area contributed by atoms with E-state index in [0.29, 0.717) is 32.4 Å². The van der Waals surface area contributed by atoms with E-state index in [0.717, 1.165) is 6.29 Å². The zero-order chi connectivity index (χ0) is 12.2. The van der Waals surface area contributed by atoms with E-state index in [1.807, 2.05) is 25.8 Å². The third-order valence-electron chi connectivity index (χ3n) is 3.30. The minimum atomic E-state index is -0.460. The Balaban J connectivity index is 2.76. The van der Waals surface area contributed by atoms with Crippen LogP contribution >= 0.6 is 0 Å². The Kier molecular flexibility index (Phi) is 4.06. The number of rotatable bonds is 4. The van der Waals surface area contributed by atoms with Gasteiger partial charge in [0, 0.05) is 26.0 Å². The molecule has 0 bridgehead atoms. The molecule has 0 N–H and O–H groups in total. The van der Waals surface area contributed by atoms with Gasteiger partial charge in [0.2, 0.25) is 0 Å². The van der Waals surface area contributed by atoms with Crippen LogP contribution in [0.25, 0.3) is 0 Å². The average Bonchev–Trinajstić information content (AvgIpc) is 2.24. The maximum atomic E-state index is 11.4. The summed E-state index contributed by atoms with van der Waals surface area (Å²) in [5.41, 5.74) is -0.724. The third kappa shape index (κ3) is 2.81. The van der Waals surface area contributed by atoms with E-state index in [1.54, 1.807) is 0 Å². The lowest BCUT2D eigenvalue weighted by atomic mass is 9.81. The van der Waals surface area contributed by atoms with Gasteiger partial charge in [-0.15, -0.1) is 0 Å². The summed E-state index contributed by atoms with van der Waals surface area (Å²) in [6.45, 7) is 5.24. The quantitative estimate of drug-likeness (QED) is 0.677. The van der Waals surface area contributed by atoms with E-state index in [-0.39, 0.29) is 5.60 Å². The summed E-state index contributed by atoms with van der Waals surface area (Å²) in [7, 11) is 1.91. The predicted octanol–water partition coefficient (Wildman–Crippen LogP) is 1.36. The van der Waals surface area contributed by atoms with E-state index in [9.17, 15) is 4.79 Å². The average molecular weight is 224 g/mol. The van der Waals surface area contributed by atoms with E-state index >= 15 is 0 Å². The maximum absolute atomic E-state index is 11.4. The van der Waals surface area contributed by atoms with Crippen molar-refractivity contribution in [2.75, 3.05) is 20.2 Å². The van der Waals surface area contributed by atoms with Gasteiger partial charge >= 0.3 is 0 Å². The fraction of sp³-hybridized carbons (Fsp3) is 0.833. The Hall–Kier alpha value is -0.920. The van der Waals surface area contributed by atoms with Crippen LogP contribution < -0.4 is 0 Å². The Morgan fingerprint density at radius 2 is 2.25 bits per heavy atom. The molecule has 1 aliphatic heterocycles. The van der Waals surface area contributed by atoms with Gasteiger partial charge in [0.25, 0.3) is 0 Å². The zero-order valence-corrected chi connectivity index (χ0v) is 10.3. The highest BCUT2D eigenvalue weighted by Gasteiger charge is 2.43. The van der Waals surface area contributed by atoms with Gasteiger partial charge in [-0.05, 0) is 27.3 Å². The molecule has 16 heavy (non-hydrogen) atoms. The van der Waals surface area contributed by atoms with Gasteiger partial charge in [0.05, 0.1) is 17.2 Å². The lowest BCUT2D eigenvalue weighted by molar-refractivity contribution is -0.141. The summed E-state index contributed by atoms with van der Waals surface area (Å²) < 4.78 is 5.63. The first-order valence-corrected chi connectivity index (χ1v) is 5.64. The van der Waals surface area contributed by atoms with Crippen LogP contribution in [0.1, 0.15) is 33.1 Å². The van der Waals surface area contributed by atoms with Crippen LogP contribution in [0, 0.1) is 11.3 Å². The van der Waals surface area contributed by atoms with E-state index in [1.165, 1.54) is 0 Å². The molecule has 1 fully saturated rings. The normalized spacial score (nSPS) is 28.7. The lowest BCUT2D eigenvalue weighted by Gasteiger charge is -2.46. The summed E-state index contributed by atoms with van der Waals surface area (Å²) >= 11 is 0. The van der Waals surface area contributed by atoms with Crippen molar-refractivity contribution < 1.29 is 9.53 Å². The van der Waals surface area contributed by atoms with Crippen LogP contribution in [0.3, 0.4) is 0 Å². The summed E-state index contributed by atoms with van der Waals surface area (Å²) in [6.07, 6.45) is 2.87. The van der Waals surface area contributed by atoms with Crippen molar-refractivity contribution in [3.63, 3.8) is 0 Å². The molecule has 1 atom stereocenters.